The van der Waals surface area contributed by atoms with E-state index in [2.05, 4.69) is 26.8 Å². The van der Waals surface area contributed by atoms with Gasteiger partial charge < -0.3 is 9.47 Å². The number of aromatic nitrogens is 2. The molecule has 0 aliphatic rings. The topological polar surface area (TPSA) is 52.8 Å². The van der Waals surface area contributed by atoms with E-state index in [9.17, 15) is 4.79 Å². The molecule has 0 spiro atoms. The maximum Gasteiger partial charge on any atom is 0.274 e. The molecule has 2 aromatic carbocycles. The number of terminal acetylenes is 1. The first kappa shape index (κ1) is 18.5. The lowest BCUT2D eigenvalue weighted by Gasteiger charge is -2.12. The third-order valence-corrected chi connectivity index (χ3v) is 5.76. The number of thiazole rings is 1. The molecule has 2 aromatic heterocycles. The molecule has 28 heavy (non-hydrogen) atoms. The van der Waals surface area contributed by atoms with Crippen molar-refractivity contribution < 1.29 is 9.47 Å². The van der Waals surface area contributed by atoms with Crippen LogP contribution >= 0.6 is 27.3 Å². The summed E-state index contributed by atoms with van der Waals surface area (Å²) in [7, 11) is 0. The minimum atomic E-state index is -0.0915. The smallest absolute Gasteiger partial charge is 0.274 e. The number of hydrogen-bond donors (Lipinski definition) is 0. The number of halogens is 1. The fourth-order valence-corrected chi connectivity index (χ4v) is 4.33. The summed E-state index contributed by atoms with van der Waals surface area (Å²) >= 11 is 4.90. The van der Waals surface area contributed by atoms with E-state index < -0.39 is 0 Å². The van der Waals surface area contributed by atoms with Crippen LogP contribution in [0.5, 0.6) is 11.5 Å². The first-order chi connectivity index (χ1) is 13.6. The predicted octanol–water partition coefficient (Wildman–Crippen LogP) is 3.63. The minimum absolute atomic E-state index is 0.0915. The lowest BCUT2D eigenvalue weighted by atomic mass is 10.2. The molecule has 2 heterocycles. The lowest BCUT2D eigenvalue weighted by Crippen LogP contribution is -2.22. The largest absolute Gasteiger partial charge is 0.490 e. The Balaban J connectivity index is 1.86. The number of imidazole rings is 1. The van der Waals surface area contributed by atoms with Crippen LogP contribution in [0.25, 0.3) is 22.1 Å². The molecular weight excluding hydrogens is 440 g/mol. The van der Waals surface area contributed by atoms with E-state index in [0.717, 1.165) is 21.1 Å². The second-order valence-electron chi connectivity index (χ2n) is 5.88. The van der Waals surface area contributed by atoms with Crippen LogP contribution < -0.4 is 19.6 Å². The second kappa shape index (κ2) is 7.66. The highest BCUT2D eigenvalue weighted by Crippen LogP contribution is 2.34. The second-order valence-corrected chi connectivity index (χ2v) is 7.74. The molecule has 0 amide bonds. The third kappa shape index (κ3) is 3.26. The average Bonchev–Trinajstić information content (AvgIpc) is 3.19. The van der Waals surface area contributed by atoms with E-state index in [4.69, 9.17) is 15.9 Å². The summed E-state index contributed by atoms with van der Waals surface area (Å²) in [6, 6.07) is 11.2. The standard InChI is InChI=1S/C21H15BrN2O3S/c1-3-9-27-18-12-14(22)13(10-17(18)26-4-2)11-19-20(25)24-16-8-6-5-7-15(16)23-21(24)28-19/h1,5-8,10-12H,4,9H2,2H3. The maximum absolute atomic E-state index is 12.9. The number of benzene rings is 2. The summed E-state index contributed by atoms with van der Waals surface area (Å²) in [4.78, 5) is 18.2. The van der Waals surface area contributed by atoms with Crippen LogP contribution in [-0.4, -0.2) is 22.6 Å². The zero-order valence-corrected chi connectivity index (χ0v) is 17.3. The van der Waals surface area contributed by atoms with Gasteiger partial charge in [-0.3, -0.25) is 4.79 Å². The lowest BCUT2D eigenvalue weighted by molar-refractivity contribution is 0.299. The number of ether oxygens (including phenoxy) is 2. The van der Waals surface area contributed by atoms with Crippen molar-refractivity contribution >= 4 is 49.3 Å². The Morgan fingerprint density at radius 3 is 2.86 bits per heavy atom. The molecule has 4 aromatic rings. The van der Waals surface area contributed by atoms with Gasteiger partial charge in [0.05, 0.1) is 22.2 Å². The molecule has 0 aliphatic heterocycles. The number of para-hydroxylation sites is 2. The van der Waals surface area contributed by atoms with Gasteiger partial charge in [-0.15, -0.1) is 6.42 Å². The van der Waals surface area contributed by atoms with Crippen LogP contribution in [0.15, 0.2) is 45.7 Å². The van der Waals surface area contributed by atoms with Gasteiger partial charge in [-0.1, -0.05) is 45.3 Å². The summed E-state index contributed by atoms with van der Waals surface area (Å²) in [5.41, 5.74) is 2.34. The average molecular weight is 455 g/mol. The normalized spacial score (nSPS) is 11.8. The summed E-state index contributed by atoms with van der Waals surface area (Å²) in [6.07, 6.45) is 7.11. The van der Waals surface area contributed by atoms with E-state index in [1.54, 1.807) is 10.5 Å². The molecule has 7 heteroatoms. The first-order valence-electron chi connectivity index (χ1n) is 8.56. The number of rotatable bonds is 5. The van der Waals surface area contributed by atoms with Gasteiger partial charge in [0.25, 0.3) is 5.56 Å². The zero-order valence-electron chi connectivity index (χ0n) is 14.9. The van der Waals surface area contributed by atoms with Crippen molar-refractivity contribution in [3.63, 3.8) is 0 Å². The molecule has 5 nitrogen and oxygen atoms in total. The molecular formula is C21H15BrN2O3S. The molecule has 4 rings (SSSR count). The molecule has 0 N–H and O–H groups in total. The van der Waals surface area contributed by atoms with E-state index in [0.29, 0.717) is 27.6 Å². The Morgan fingerprint density at radius 2 is 2.07 bits per heavy atom. The molecule has 0 aliphatic carbocycles. The number of hydrogen-bond acceptors (Lipinski definition) is 5. The van der Waals surface area contributed by atoms with Crippen LogP contribution in [0, 0.1) is 12.3 Å². The van der Waals surface area contributed by atoms with E-state index in [-0.39, 0.29) is 12.2 Å². The van der Waals surface area contributed by atoms with Crippen molar-refractivity contribution in [1.82, 2.24) is 9.38 Å². The van der Waals surface area contributed by atoms with Crippen molar-refractivity contribution in [2.45, 2.75) is 6.92 Å². The third-order valence-electron chi connectivity index (χ3n) is 4.11. The van der Waals surface area contributed by atoms with Gasteiger partial charge in [0.1, 0.15) is 6.61 Å². The number of fused-ring (bicyclic) bond motifs is 3. The SMILES string of the molecule is C#CCOc1cc(Br)c(C=c2sc3nc4ccccc4n3c2=O)cc1OCC. The van der Waals surface area contributed by atoms with Crippen LogP contribution in [0.1, 0.15) is 12.5 Å². The van der Waals surface area contributed by atoms with Gasteiger partial charge >= 0.3 is 0 Å². The zero-order chi connectivity index (χ0) is 19.7. The monoisotopic (exact) mass is 454 g/mol. The molecule has 0 unspecified atom stereocenters. The predicted molar refractivity (Wildman–Crippen MR) is 115 cm³/mol. The molecule has 0 fully saturated rings. The van der Waals surface area contributed by atoms with Crippen LogP contribution in [0.4, 0.5) is 0 Å². The molecule has 0 saturated carbocycles. The summed E-state index contributed by atoms with van der Waals surface area (Å²) in [5.74, 6) is 3.57. The van der Waals surface area contributed by atoms with Crippen molar-refractivity contribution in [2.24, 2.45) is 0 Å². The fraction of sp³-hybridized carbons (Fsp3) is 0.143. The van der Waals surface area contributed by atoms with Crippen molar-refractivity contribution in [1.29, 1.82) is 0 Å². The Labute approximate surface area is 173 Å². The van der Waals surface area contributed by atoms with Crippen LogP contribution in [-0.2, 0) is 0 Å². The summed E-state index contributed by atoms with van der Waals surface area (Å²) in [6.45, 7) is 2.53. The Hall–Kier alpha value is -2.82. The number of nitrogens with zero attached hydrogens (tertiary/aromatic N) is 2. The van der Waals surface area contributed by atoms with Gasteiger partial charge in [0.2, 0.25) is 0 Å². The Morgan fingerprint density at radius 1 is 1.29 bits per heavy atom. The molecule has 0 saturated heterocycles. The van der Waals surface area contributed by atoms with E-state index in [1.165, 1.54) is 11.3 Å². The fourth-order valence-electron chi connectivity index (χ4n) is 2.92. The van der Waals surface area contributed by atoms with Gasteiger partial charge in [0, 0.05) is 4.47 Å². The van der Waals surface area contributed by atoms with Crippen LogP contribution in [0.3, 0.4) is 0 Å². The van der Waals surface area contributed by atoms with Crippen LogP contribution in [0.2, 0.25) is 0 Å². The molecule has 140 valence electrons. The van der Waals surface area contributed by atoms with E-state index in [1.807, 2.05) is 43.3 Å². The highest BCUT2D eigenvalue weighted by molar-refractivity contribution is 9.10. The Kier molecular flexibility index (Phi) is 5.07. The van der Waals surface area contributed by atoms with Crippen molar-refractivity contribution in [3.05, 3.63) is 61.3 Å². The van der Waals surface area contributed by atoms with Gasteiger partial charge in [0.15, 0.2) is 16.5 Å². The molecule has 0 radical (unpaired) electrons. The maximum atomic E-state index is 12.9. The summed E-state index contributed by atoms with van der Waals surface area (Å²) < 4.78 is 14.2. The van der Waals surface area contributed by atoms with E-state index >= 15 is 0 Å². The molecule has 0 bridgehead atoms. The van der Waals surface area contributed by atoms with Gasteiger partial charge in [-0.25, -0.2) is 9.38 Å². The van der Waals surface area contributed by atoms with Gasteiger partial charge in [-0.05, 0) is 42.8 Å². The molecule has 0 atom stereocenters. The summed E-state index contributed by atoms with van der Waals surface area (Å²) in [5, 5.41) is 0. The Bertz CT molecular complexity index is 1330. The minimum Gasteiger partial charge on any atom is -0.490 e. The highest BCUT2D eigenvalue weighted by Gasteiger charge is 2.13. The highest BCUT2D eigenvalue weighted by atomic mass is 79.9. The van der Waals surface area contributed by atoms with Gasteiger partial charge in [-0.2, -0.15) is 0 Å². The first-order valence-corrected chi connectivity index (χ1v) is 10.2. The van der Waals surface area contributed by atoms with Crippen molar-refractivity contribution in [3.8, 4) is 23.8 Å². The quantitative estimate of drug-likeness (QED) is 0.432. The van der Waals surface area contributed by atoms with Crippen molar-refractivity contribution in [2.75, 3.05) is 13.2 Å².